The van der Waals surface area contributed by atoms with Crippen molar-refractivity contribution in [2.75, 3.05) is 19.6 Å². The molecule has 0 bridgehead atoms. The Morgan fingerprint density at radius 3 is 2.71 bits per heavy atom. The smallest absolute Gasteiger partial charge is 0.0898 e. The Kier molecular flexibility index (Phi) is 4.54. The lowest BCUT2D eigenvalue weighted by atomic mass is 10.2. The van der Waals surface area contributed by atoms with Crippen LogP contribution in [0, 0.1) is 6.92 Å². The summed E-state index contributed by atoms with van der Waals surface area (Å²) in [4.78, 5) is 7.10. The molecule has 2 rings (SSSR count). The van der Waals surface area contributed by atoms with Crippen LogP contribution in [0.5, 0.6) is 0 Å². The first-order chi connectivity index (χ1) is 8.16. The lowest BCUT2D eigenvalue weighted by molar-refractivity contribution is 0.247. The van der Waals surface area contributed by atoms with E-state index in [1.165, 1.54) is 31.6 Å². The van der Waals surface area contributed by atoms with Crippen LogP contribution in [0.15, 0.2) is 5.38 Å². The first kappa shape index (κ1) is 13.0. The molecule has 1 N–H and O–H groups in total. The average Bonchev–Trinajstić information content (AvgIpc) is 2.95. The lowest BCUT2D eigenvalue weighted by Crippen LogP contribution is -2.39. The van der Waals surface area contributed by atoms with Gasteiger partial charge >= 0.3 is 0 Å². The number of likely N-dealkylation sites (tertiary alicyclic amines) is 1. The highest BCUT2D eigenvalue weighted by atomic mass is 32.1. The number of hydrogen-bond donors (Lipinski definition) is 1. The van der Waals surface area contributed by atoms with Gasteiger partial charge in [0.1, 0.15) is 0 Å². The van der Waals surface area contributed by atoms with Gasteiger partial charge in [0.05, 0.1) is 10.7 Å². The summed E-state index contributed by atoms with van der Waals surface area (Å²) in [5.74, 6) is 0. The summed E-state index contributed by atoms with van der Waals surface area (Å²) in [7, 11) is 0. The number of thiazole rings is 1. The molecule has 1 aliphatic rings. The molecule has 17 heavy (non-hydrogen) atoms. The van der Waals surface area contributed by atoms with Crippen molar-refractivity contribution in [1.29, 1.82) is 0 Å². The van der Waals surface area contributed by atoms with Crippen LogP contribution in [0.2, 0.25) is 0 Å². The maximum absolute atomic E-state index is 4.53. The third-order valence-corrected chi connectivity index (χ3v) is 4.36. The van der Waals surface area contributed by atoms with Gasteiger partial charge in [0.25, 0.3) is 0 Å². The van der Waals surface area contributed by atoms with Gasteiger partial charge in [0.15, 0.2) is 0 Å². The number of nitrogens with one attached hydrogen (secondary N) is 1. The maximum atomic E-state index is 4.53. The Balaban J connectivity index is 1.77. The molecule has 1 aliphatic heterocycles. The molecule has 96 valence electrons. The molecule has 2 heterocycles. The zero-order valence-corrected chi connectivity index (χ0v) is 11.9. The minimum absolute atomic E-state index is 0.366. The van der Waals surface area contributed by atoms with Gasteiger partial charge in [-0.2, -0.15) is 0 Å². The Hall–Kier alpha value is -0.450. The van der Waals surface area contributed by atoms with Crippen molar-refractivity contribution in [3.8, 4) is 0 Å². The highest BCUT2D eigenvalue weighted by Gasteiger charge is 2.18. The van der Waals surface area contributed by atoms with Gasteiger partial charge in [-0.3, -0.25) is 4.90 Å². The Bertz CT molecular complexity index is 344. The third-order valence-electron chi connectivity index (χ3n) is 3.56. The van der Waals surface area contributed by atoms with Gasteiger partial charge in [-0.25, -0.2) is 4.98 Å². The van der Waals surface area contributed by atoms with Crippen molar-refractivity contribution in [3.05, 3.63) is 16.1 Å². The van der Waals surface area contributed by atoms with E-state index in [0.717, 1.165) is 11.6 Å². The van der Waals surface area contributed by atoms with Crippen molar-refractivity contribution < 1.29 is 0 Å². The van der Waals surface area contributed by atoms with Crippen LogP contribution in [0.25, 0.3) is 0 Å². The molecule has 1 fully saturated rings. The van der Waals surface area contributed by atoms with E-state index in [9.17, 15) is 0 Å². The zero-order valence-electron chi connectivity index (χ0n) is 11.1. The number of hydrogen-bond acceptors (Lipinski definition) is 4. The molecular weight excluding hydrogens is 230 g/mol. The van der Waals surface area contributed by atoms with Crippen molar-refractivity contribution in [3.63, 3.8) is 0 Å². The highest BCUT2D eigenvalue weighted by molar-refractivity contribution is 7.09. The Morgan fingerprint density at radius 2 is 2.12 bits per heavy atom. The van der Waals surface area contributed by atoms with E-state index in [2.05, 4.69) is 41.4 Å². The number of aryl methyl sites for hydroxylation is 1. The fraction of sp³-hybridized carbons (Fsp3) is 0.769. The van der Waals surface area contributed by atoms with E-state index >= 15 is 0 Å². The second kappa shape index (κ2) is 5.94. The largest absolute Gasteiger partial charge is 0.307 e. The summed E-state index contributed by atoms with van der Waals surface area (Å²) in [5, 5.41) is 6.91. The number of nitrogens with zero attached hydrogens (tertiary/aromatic N) is 2. The second-order valence-corrected chi connectivity index (χ2v) is 6.08. The van der Waals surface area contributed by atoms with E-state index < -0.39 is 0 Å². The zero-order chi connectivity index (χ0) is 12.3. The SMILES string of the molecule is Cc1nc(C(C)NCC(C)N2CCCC2)cs1. The molecule has 4 heteroatoms. The van der Waals surface area contributed by atoms with Crippen LogP contribution in [0.1, 0.15) is 43.4 Å². The molecule has 0 spiro atoms. The van der Waals surface area contributed by atoms with Gasteiger partial charge in [0.2, 0.25) is 0 Å². The fourth-order valence-electron chi connectivity index (χ4n) is 2.34. The van der Waals surface area contributed by atoms with Crippen molar-refractivity contribution in [2.45, 2.75) is 45.7 Å². The quantitative estimate of drug-likeness (QED) is 0.874. The van der Waals surface area contributed by atoms with Crippen LogP contribution < -0.4 is 5.32 Å². The molecule has 0 saturated carbocycles. The van der Waals surface area contributed by atoms with E-state index in [1.54, 1.807) is 11.3 Å². The maximum Gasteiger partial charge on any atom is 0.0898 e. The van der Waals surface area contributed by atoms with Gasteiger partial charge < -0.3 is 5.32 Å². The van der Waals surface area contributed by atoms with Crippen molar-refractivity contribution in [1.82, 2.24) is 15.2 Å². The summed E-state index contributed by atoms with van der Waals surface area (Å²) < 4.78 is 0. The average molecular weight is 253 g/mol. The molecule has 0 amide bonds. The molecule has 1 saturated heterocycles. The van der Waals surface area contributed by atoms with Gasteiger partial charge in [0, 0.05) is 24.0 Å². The van der Waals surface area contributed by atoms with Crippen molar-refractivity contribution in [2.24, 2.45) is 0 Å². The first-order valence-electron chi connectivity index (χ1n) is 6.56. The summed E-state index contributed by atoms with van der Waals surface area (Å²) in [6.07, 6.45) is 2.73. The first-order valence-corrected chi connectivity index (χ1v) is 7.44. The number of aromatic nitrogens is 1. The fourth-order valence-corrected chi connectivity index (χ4v) is 3.05. The molecule has 0 radical (unpaired) electrons. The molecule has 1 aromatic rings. The summed E-state index contributed by atoms with van der Waals surface area (Å²) >= 11 is 1.73. The summed E-state index contributed by atoms with van der Waals surface area (Å²) in [6.45, 7) is 10.2. The van der Waals surface area contributed by atoms with E-state index in [1.807, 2.05) is 0 Å². The topological polar surface area (TPSA) is 28.2 Å². The standard InChI is InChI=1S/C13H23N3S/c1-10(16-6-4-5-7-16)8-14-11(2)13-9-17-12(3)15-13/h9-11,14H,4-8H2,1-3H3. The summed E-state index contributed by atoms with van der Waals surface area (Å²) in [6, 6.07) is 1.00. The second-order valence-electron chi connectivity index (χ2n) is 5.01. The molecule has 0 aromatic carbocycles. The predicted molar refractivity (Wildman–Crippen MR) is 73.5 cm³/mol. The van der Waals surface area contributed by atoms with Crippen LogP contribution in [0.4, 0.5) is 0 Å². The predicted octanol–water partition coefficient (Wildman–Crippen LogP) is 2.59. The molecule has 2 unspecified atom stereocenters. The highest BCUT2D eigenvalue weighted by Crippen LogP contribution is 2.16. The van der Waals surface area contributed by atoms with Crippen LogP contribution in [-0.4, -0.2) is 35.6 Å². The minimum Gasteiger partial charge on any atom is -0.307 e. The van der Waals surface area contributed by atoms with E-state index in [0.29, 0.717) is 12.1 Å². The monoisotopic (exact) mass is 253 g/mol. The van der Waals surface area contributed by atoms with Gasteiger partial charge in [-0.15, -0.1) is 11.3 Å². The molecule has 0 aliphatic carbocycles. The lowest BCUT2D eigenvalue weighted by Gasteiger charge is -2.25. The summed E-state index contributed by atoms with van der Waals surface area (Å²) in [5.41, 5.74) is 1.18. The minimum atomic E-state index is 0.366. The van der Waals surface area contributed by atoms with Crippen LogP contribution in [-0.2, 0) is 0 Å². The molecule has 1 aromatic heterocycles. The normalized spacial score (nSPS) is 20.6. The van der Waals surface area contributed by atoms with Crippen LogP contribution >= 0.6 is 11.3 Å². The Labute approximate surface area is 108 Å². The van der Waals surface area contributed by atoms with E-state index in [4.69, 9.17) is 0 Å². The molecule has 3 nitrogen and oxygen atoms in total. The Morgan fingerprint density at radius 1 is 1.41 bits per heavy atom. The molecular formula is C13H23N3S. The van der Waals surface area contributed by atoms with E-state index in [-0.39, 0.29) is 0 Å². The third kappa shape index (κ3) is 3.50. The van der Waals surface area contributed by atoms with Crippen LogP contribution in [0.3, 0.4) is 0 Å². The number of rotatable bonds is 5. The molecule has 2 atom stereocenters. The van der Waals surface area contributed by atoms with Gasteiger partial charge in [-0.05, 0) is 46.7 Å². The van der Waals surface area contributed by atoms with Crippen molar-refractivity contribution >= 4 is 11.3 Å². The van der Waals surface area contributed by atoms with Gasteiger partial charge in [-0.1, -0.05) is 0 Å².